The summed E-state index contributed by atoms with van der Waals surface area (Å²) in [6.45, 7) is -0.272. The summed E-state index contributed by atoms with van der Waals surface area (Å²) in [6.07, 6.45) is 0.809. The van der Waals surface area contributed by atoms with E-state index >= 15 is 0 Å². The third-order valence-electron chi connectivity index (χ3n) is 5.18. The van der Waals surface area contributed by atoms with E-state index in [4.69, 9.17) is 5.11 Å². The van der Waals surface area contributed by atoms with Gasteiger partial charge in [-0.2, -0.15) is 0 Å². The zero-order valence-electron chi connectivity index (χ0n) is 17.1. The van der Waals surface area contributed by atoms with E-state index in [1.807, 2.05) is 30.3 Å². The van der Waals surface area contributed by atoms with E-state index in [1.165, 1.54) is 16.7 Å². The summed E-state index contributed by atoms with van der Waals surface area (Å²) in [4.78, 5) is 12.0. The van der Waals surface area contributed by atoms with Crippen LogP contribution in [0.1, 0.15) is 23.7 Å². The van der Waals surface area contributed by atoms with Crippen LogP contribution in [0.25, 0.3) is 11.1 Å². The van der Waals surface area contributed by atoms with Crippen LogP contribution in [0.15, 0.2) is 78.9 Å². The first kappa shape index (κ1) is 21.7. The molecule has 3 aromatic rings. The molecular weight excluding hydrogens is 376 g/mol. The zero-order valence-corrected chi connectivity index (χ0v) is 17.1. The number of anilines is 1. The smallest absolute Gasteiger partial charge is 0.243 e. The molecule has 30 heavy (non-hydrogen) atoms. The summed E-state index contributed by atoms with van der Waals surface area (Å²) in [5.74, 6) is -0.299. The number of hydrogen-bond donors (Lipinski definition) is 4. The number of likely N-dealkylation sites (N-methyl/N-ethyl adjacent to an activating group) is 1. The van der Waals surface area contributed by atoms with Gasteiger partial charge in [-0.1, -0.05) is 66.7 Å². The molecule has 0 radical (unpaired) electrons. The second-order valence-electron chi connectivity index (χ2n) is 7.25. The maximum absolute atomic E-state index is 12.0. The summed E-state index contributed by atoms with van der Waals surface area (Å²) >= 11 is 0. The molecule has 3 aromatic carbocycles. The first-order valence-corrected chi connectivity index (χ1v) is 10.1. The molecule has 0 spiro atoms. The molecule has 3 rings (SSSR count). The van der Waals surface area contributed by atoms with Crippen LogP contribution in [0.2, 0.25) is 0 Å². The van der Waals surface area contributed by atoms with Crippen molar-refractivity contribution in [2.75, 3.05) is 19.0 Å². The van der Waals surface area contributed by atoms with E-state index in [1.54, 1.807) is 19.2 Å². The van der Waals surface area contributed by atoms with Crippen LogP contribution in [0.4, 0.5) is 5.69 Å². The summed E-state index contributed by atoms with van der Waals surface area (Å²) in [5, 5.41) is 25.2. The van der Waals surface area contributed by atoms with Crippen molar-refractivity contribution in [3.8, 4) is 11.1 Å². The summed E-state index contributed by atoms with van der Waals surface area (Å²) in [7, 11) is 1.62. The lowest BCUT2D eigenvalue weighted by atomic mass is 9.99. The van der Waals surface area contributed by atoms with Gasteiger partial charge in [0.1, 0.15) is 6.04 Å². The Labute approximate surface area is 177 Å². The van der Waals surface area contributed by atoms with Crippen LogP contribution < -0.4 is 10.6 Å². The lowest BCUT2D eigenvalue weighted by molar-refractivity contribution is -0.118. The van der Waals surface area contributed by atoms with E-state index in [2.05, 4.69) is 47.0 Å². The number of aryl methyl sites for hydroxylation is 1. The van der Waals surface area contributed by atoms with Crippen LogP contribution in [-0.2, 0) is 11.2 Å². The molecule has 1 amide bonds. The molecule has 4 N–H and O–H groups in total. The fourth-order valence-electron chi connectivity index (χ4n) is 3.29. The standard InChI is InChI=1S/C25H28N2O3/c1-26-23(17-28)25(30)27-22-14-12-21(13-15-22)24(29)16-9-18-7-10-20(11-8-18)19-5-3-2-4-6-19/h2-8,10-15,23-24,26,28-29H,9,16-17H2,1H3,(H,27,30)/t23-,24?/m0/s1. The third kappa shape index (κ3) is 5.76. The van der Waals surface area contributed by atoms with Crippen molar-refractivity contribution in [2.24, 2.45) is 0 Å². The van der Waals surface area contributed by atoms with Gasteiger partial charge >= 0.3 is 0 Å². The molecule has 2 atom stereocenters. The number of aliphatic hydroxyl groups is 2. The Morgan fingerprint density at radius 2 is 1.53 bits per heavy atom. The number of nitrogens with one attached hydrogen (secondary N) is 2. The first-order chi connectivity index (χ1) is 14.6. The number of carbonyl (C=O) groups excluding carboxylic acids is 1. The molecule has 0 aliphatic rings. The quantitative estimate of drug-likeness (QED) is 0.440. The van der Waals surface area contributed by atoms with Gasteiger partial charge in [0.15, 0.2) is 0 Å². The van der Waals surface area contributed by atoms with Crippen LogP contribution in [0.3, 0.4) is 0 Å². The Balaban J connectivity index is 1.53. The Bertz CT molecular complexity index is 921. The second kappa shape index (κ2) is 10.7. The third-order valence-corrected chi connectivity index (χ3v) is 5.18. The molecule has 0 fully saturated rings. The predicted octanol–water partition coefficient (Wildman–Crippen LogP) is 3.54. The molecule has 0 aliphatic heterocycles. The molecule has 5 heteroatoms. The van der Waals surface area contributed by atoms with Gasteiger partial charge in [0.25, 0.3) is 0 Å². The molecular formula is C25H28N2O3. The van der Waals surface area contributed by atoms with Gasteiger partial charge in [-0.15, -0.1) is 0 Å². The van der Waals surface area contributed by atoms with Crippen molar-refractivity contribution in [3.63, 3.8) is 0 Å². The highest BCUT2D eigenvalue weighted by Crippen LogP contribution is 2.23. The molecule has 0 aliphatic carbocycles. The first-order valence-electron chi connectivity index (χ1n) is 10.1. The summed E-state index contributed by atoms with van der Waals surface area (Å²) in [6, 6.07) is 25.2. The predicted molar refractivity (Wildman–Crippen MR) is 120 cm³/mol. The summed E-state index contributed by atoms with van der Waals surface area (Å²) < 4.78 is 0. The minimum absolute atomic E-state index is 0.272. The van der Waals surface area contributed by atoms with Crippen molar-refractivity contribution in [2.45, 2.75) is 25.0 Å². The van der Waals surface area contributed by atoms with Crippen molar-refractivity contribution in [3.05, 3.63) is 90.0 Å². The normalized spacial score (nSPS) is 12.9. The van der Waals surface area contributed by atoms with Gasteiger partial charge in [-0.05, 0) is 54.3 Å². The molecule has 0 saturated heterocycles. The number of aliphatic hydroxyl groups excluding tert-OH is 2. The second-order valence-corrected chi connectivity index (χ2v) is 7.25. The summed E-state index contributed by atoms with van der Waals surface area (Å²) in [5.41, 5.74) is 4.98. The van der Waals surface area contributed by atoms with E-state index in [9.17, 15) is 9.90 Å². The van der Waals surface area contributed by atoms with Crippen molar-refractivity contribution in [1.82, 2.24) is 5.32 Å². The molecule has 5 nitrogen and oxygen atoms in total. The van der Waals surface area contributed by atoms with Crippen LogP contribution in [0.5, 0.6) is 0 Å². The molecule has 1 unspecified atom stereocenters. The highest BCUT2D eigenvalue weighted by molar-refractivity contribution is 5.94. The van der Waals surface area contributed by atoms with Crippen LogP contribution in [0, 0.1) is 0 Å². The molecule has 0 bridgehead atoms. The molecule has 0 saturated carbocycles. The number of carbonyl (C=O) groups is 1. The monoisotopic (exact) mass is 404 g/mol. The number of amides is 1. The van der Waals surface area contributed by atoms with Crippen molar-refractivity contribution in [1.29, 1.82) is 0 Å². The van der Waals surface area contributed by atoms with Crippen LogP contribution in [-0.4, -0.2) is 35.8 Å². The van der Waals surface area contributed by atoms with E-state index in [0.29, 0.717) is 12.1 Å². The maximum atomic E-state index is 12.0. The highest BCUT2D eigenvalue weighted by atomic mass is 16.3. The Morgan fingerprint density at radius 1 is 0.900 bits per heavy atom. The van der Waals surface area contributed by atoms with Gasteiger partial charge in [0.2, 0.25) is 5.91 Å². The zero-order chi connectivity index (χ0) is 21.3. The molecule has 0 aromatic heterocycles. The maximum Gasteiger partial charge on any atom is 0.243 e. The fraction of sp³-hybridized carbons (Fsp3) is 0.240. The Kier molecular flexibility index (Phi) is 7.74. The SMILES string of the molecule is CN[C@@H](CO)C(=O)Nc1ccc(C(O)CCc2ccc(-c3ccccc3)cc2)cc1. The van der Waals surface area contributed by atoms with Gasteiger partial charge < -0.3 is 20.8 Å². The largest absolute Gasteiger partial charge is 0.394 e. The average molecular weight is 405 g/mol. The lowest BCUT2D eigenvalue weighted by Gasteiger charge is -2.15. The minimum atomic E-state index is -0.649. The van der Waals surface area contributed by atoms with Crippen molar-refractivity contribution >= 4 is 11.6 Å². The van der Waals surface area contributed by atoms with E-state index in [0.717, 1.165) is 12.0 Å². The van der Waals surface area contributed by atoms with Gasteiger partial charge in [0.05, 0.1) is 12.7 Å². The number of benzene rings is 3. The number of rotatable bonds is 9. The minimum Gasteiger partial charge on any atom is -0.394 e. The Hall–Kier alpha value is -2.99. The number of hydrogen-bond acceptors (Lipinski definition) is 4. The topological polar surface area (TPSA) is 81.6 Å². The van der Waals surface area contributed by atoms with Gasteiger partial charge in [-0.3, -0.25) is 4.79 Å². The highest BCUT2D eigenvalue weighted by Gasteiger charge is 2.15. The van der Waals surface area contributed by atoms with E-state index in [-0.39, 0.29) is 12.5 Å². The lowest BCUT2D eigenvalue weighted by Crippen LogP contribution is -2.41. The van der Waals surface area contributed by atoms with Crippen molar-refractivity contribution < 1.29 is 15.0 Å². The van der Waals surface area contributed by atoms with Crippen LogP contribution >= 0.6 is 0 Å². The van der Waals surface area contributed by atoms with Gasteiger partial charge in [0, 0.05) is 5.69 Å². The molecule has 156 valence electrons. The Morgan fingerprint density at radius 3 is 2.13 bits per heavy atom. The molecule has 0 heterocycles. The van der Waals surface area contributed by atoms with Gasteiger partial charge in [-0.25, -0.2) is 0 Å². The van der Waals surface area contributed by atoms with E-state index < -0.39 is 12.1 Å². The average Bonchev–Trinajstić information content (AvgIpc) is 2.80. The fourth-order valence-corrected chi connectivity index (χ4v) is 3.29.